The molecule has 5 nitrogen and oxygen atoms in total. The van der Waals surface area contributed by atoms with Crippen LogP contribution in [-0.4, -0.2) is 15.9 Å². The van der Waals surface area contributed by atoms with E-state index in [9.17, 15) is 4.79 Å². The second-order valence-electron chi connectivity index (χ2n) is 4.55. The first-order valence-electron chi connectivity index (χ1n) is 6.15. The summed E-state index contributed by atoms with van der Waals surface area (Å²) < 4.78 is 5.30. The topological polar surface area (TPSA) is 68.0 Å². The van der Waals surface area contributed by atoms with E-state index in [2.05, 4.69) is 15.3 Å². The van der Waals surface area contributed by atoms with Crippen LogP contribution in [0.15, 0.2) is 22.7 Å². The molecular weight excluding hydrogens is 242 g/mol. The Labute approximate surface area is 112 Å². The summed E-state index contributed by atoms with van der Waals surface area (Å²) in [6.45, 7) is 7.33. The Bertz CT molecular complexity index is 604. The van der Waals surface area contributed by atoms with Gasteiger partial charge in [0.05, 0.1) is 17.4 Å². The normalized spacial score (nSPS) is 12.2. The lowest BCUT2D eigenvalue weighted by atomic mass is 10.1. The molecule has 1 N–H and O–H groups in total. The van der Waals surface area contributed by atoms with E-state index in [1.165, 1.54) is 0 Å². The van der Waals surface area contributed by atoms with Crippen LogP contribution in [0.2, 0.25) is 0 Å². The zero-order valence-electron chi connectivity index (χ0n) is 11.5. The SMILES string of the molecule is Cc1nc(C)c(C(=O)N[C@H](C)c2ncccc2C)o1. The quantitative estimate of drug-likeness (QED) is 0.919. The lowest BCUT2D eigenvalue weighted by Crippen LogP contribution is -2.28. The lowest BCUT2D eigenvalue weighted by molar-refractivity contribution is 0.0909. The minimum atomic E-state index is -0.268. The van der Waals surface area contributed by atoms with Crippen molar-refractivity contribution in [3.63, 3.8) is 0 Å². The van der Waals surface area contributed by atoms with Gasteiger partial charge in [0.25, 0.3) is 5.91 Å². The van der Waals surface area contributed by atoms with Crippen molar-refractivity contribution in [2.24, 2.45) is 0 Å². The zero-order valence-corrected chi connectivity index (χ0v) is 11.5. The summed E-state index contributed by atoms with van der Waals surface area (Å²) in [5, 5.41) is 2.87. The van der Waals surface area contributed by atoms with Gasteiger partial charge in [0.15, 0.2) is 5.89 Å². The highest BCUT2D eigenvalue weighted by Crippen LogP contribution is 2.16. The molecular formula is C14H17N3O2. The van der Waals surface area contributed by atoms with Crippen molar-refractivity contribution in [2.45, 2.75) is 33.7 Å². The molecule has 2 heterocycles. The Morgan fingerprint density at radius 3 is 2.68 bits per heavy atom. The maximum Gasteiger partial charge on any atom is 0.289 e. The second kappa shape index (κ2) is 5.22. The minimum absolute atomic E-state index is 0.182. The first kappa shape index (κ1) is 13.3. The highest BCUT2D eigenvalue weighted by molar-refractivity contribution is 5.92. The van der Waals surface area contributed by atoms with E-state index in [1.807, 2.05) is 26.0 Å². The van der Waals surface area contributed by atoms with Gasteiger partial charge in [-0.1, -0.05) is 6.07 Å². The fourth-order valence-electron chi connectivity index (χ4n) is 2.02. The molecule has 2 aromatic rings. The first-order valence-corrected chi connectivity index (χ1v) is 6.15. The van der Waals surface area contributed by atoms with Crippen LogP contribution in [0.1, 0.15) is 46.4 Å². The molecule has 0 aromatic carbocycles. The average Bonchev–Trinajstić information content (AvgIpc) is 2.69. The van der Waals surface area contributed by atoms with Crippen molar-refractivity contribution in [2.75, 3.05) is 0 Å². The Morgan fingerprint density at radius 1 is 1.37 bits per heavy atom. The summed E-state index contributed by atoms with van der Waals surface area (Å²) in [6.07, 6.45) is 1.72. The van der Waals surface area contributed by atoms with Crippen LogP contribution < -0.4 is 5.32 Å². The van der Waals surface area contributed by atoms with Crippen molar-refractivity contribution >= 4 is 5.91 Å². The summed E-state index contributed by atoms with van der Waals surface area (Å²) in [4.78, 5) is 20.5. The molecule has 0 bridgehead atoms. The number of nitrogens with one attached hydrogen (secondary N) is 1. The molecule has 0 saturated carbocycles. The van der Waals surface area contributed by atoms with Gasteiger partial charge in [0, 0.05) is 13.1 Å². The molecule has 1 atom stereocenters. The van der Waals surface area contributed by atoms with E-state index < -0.39 is 0 Å². The molecule has 0 spiro atoms. The number of carbonyl (C=O) groups is 1. The van der Waals surface area contributed by atoms with Gasteiger partial charge >= 0.3 is 0 Å². The van der Waals surface area contributed by atoms with Gasteiger partial charge < -0.3 is 9.73 Å². The molecule has 0 aliphatic rings. The van der Waals surface area contributed by atoms with Gasteiger partial charge in [-0.3, -0.25) is 9.78 Å². The monoisotopic (exact) mass is 259 g/mol. The molecule has 19 heavy (non-hydrogen) atoms. The number of nitrogens with zero attached hydrogens (tertiary/aromatic N) is 2. The number of pyridine rings is 1. The molecule has 2 rings (SSSR count). The van der Waals surface area contributed by atoms with Gasteiger partial charge in [-0.05, 0) is 32.4 Å². The van der Waals surface area contributed by atoms with Crippen LogP contribution in [0.5, 0.6) is 0 Å². The average molecular weight is 259 g/mol. The molecule has 0 radical (unpaired) electrons. The number of hydrogen-bond donors (Lipinski definition) is 1. The minimum Gasteiger partial charge on any atom is -0.436 e. The zero-order chi connectivity index (χ0) is 14.0. The number of aromatic nitrogens is 2. The van der Waals surface area contributed by atoms with Crippen LogP contribution in [0.4, 0.5) is 0 Å². The lowest BCUT2D eigenvalue weighted by Gasteiger charge is -2.14. The largest absolute Gasteiger partial charge is 0.436 e. The molecule has 0 aliphatic carbocycles. The first-order chi connectivity index (χ1) is 8.99. The second-order valence-corrected chi connectivity index (χ2v) is 4.55. The maximum absolute atomic E-state index is 12.1. The van der Waals surface area contributed by atoms with Crippen LogP contribution >= 0.6 is 0 Å². The Hall–Kier alpha value is -2.17. The van der Waals surface area contributed by atoms with Crippen molar-refractivity contribution < 1.29 is 9.21 Å². The molecule has 1 amide bonds. The Morgan fingerprint density at radius 2 is 2.11 bits per heavy atom. The molecule has 2 aromatic heterocycles. The van der Waals surface area contributed by atoms with Crippen molar-refractivity contribution in [1.82, 2.24) is 15.3 Å². The summed E-state index contributed by atoms with van der Waals surface area (Å²) in [5.41, 5.74) is 2.49. The van der Waals surface area contributed by atoms with Crippen LogP contribution in [0.25, 0.3) is 0 Å². The van der Waals surface area contributed by atoms with E-state index in [1.54, 1.807) is 20.0 Å². The van der Waals surface area contributed by atoms with Crippen molar-refractivity contribution in [3.05, 3.63) is 46.9 Å². The van der Waals surface area contributed by atoms with Crippen LogP contribution in [0, 0.1) is 20.8 Å². The summed E-state index contributed by atoms with van der Waals surface area (Å²) in [6, 6.07) is 3.66. The summed E-state index contributed by atoms with van der Waals surface area (Å²) >= 11 is 0. The highest BCUT2D eigenvalue weighted by Gasteiger charge is 2.19. The smallest absolute Gasteiger partial charge is 0.289 e. The summed E-state index contributed by atoms with van der Waals surface area (Å²) in [7, 11) is 0. The van der Waals surface area contributed by atoms with Crippen LogP contribution in [0.3, 0.4) is 0 Å². The maximum atomic E-state index is 12.1. The van der Waals surface area contributed by atoms with Gasteiger partial charge in [0.2, 0.25) is 5.76 Å². The van der Waals surface area contributed by atoms with E-state index in [-0.39, 0.29) is 17.7 Å². The fourth-order valence-corrected chi connectivity index (χ4v) is 2.02. The molecule has 5 heteroatoms. The van der Waals surface area contributed by atoms with Crippen molar-refractivity contribution in [1.29, 1.82) is 0 Å². The Kier molecular flexibility index (Phi) is 3.64. The van der Waals surface area contributed by atoms with E-state index >= 15 is 0 Å². The molecule has 0 aliphatic heterocycles. The Balaban J connectivity index is 2.15. The molecule has 0 saturated heterocycles. The number of hydrogen-bond acceptors (Lipinski definition) is 4. The van der Waals surface area contributed by atoms with Crippen LogP contribution in [-0.2, 0) is 0 Å². The molecule has 0 unspecified atom stereocenters. The third kappa shape index (κ3) is 2.81. The predicted molar refractivity (Wildman–Crippen MR) is 70.8 cm³/mol. The number of aryl methyl sites for hydroxylation is 3. The number of amides is 1. The van der Waals surface area contributed by atoms with E-state index in [4.69, 9.17) is 4.42 Å². The van der Waals surface area contributed by atoms with Crippen molar-refractivity contribution in [3.8, 4) is 0 Å². The summed E-state index contributed by atoms with van der Waals surface area (Å²) in [5.74, 6) is 0.484. The standard InChI is InChI=1S/C14H17N3O2/c1-8-6-5-7-15-12(8)9(2)17-14(18)13-10(3)16-11(4)19-13/h5-7,9H,1-4H3,(H,17,18)/t9-/m1/s1. The van der Waals surface area contributed by atoms with E-state index in [0.29, 0.717) is 11.6 Å². The van der Waals surface area contributed by atoms with Gasteiger partial charge in [0.1, 0.15) is 0 Å². The van der Waals surface area contributed by atoms with Gasteiger partial charge in [-0.15, -0.1) is 0 Å². The fraction of sp³-hybridized carbons (Fsp3) is 0.357. The number of carbonyl (C=O) groups excluding carboxylic acids is 1. The highest BCUT2D eigenvalue weighted by atomic mass is 16.4. The number of oxazole rings is 1. The predicted octanol–water partition coefficient (Wildman–Crippen LogP) is 2.49. The molecule has 100 valence electrons. The van der Waals surface area contributed by atoms with E-state index in [0.717, 1.165) is 11.3 Å². The third-order valence-electron chi connectivity index (χ3n) is 2.92. The van der Waals surface area contributed by atoms with Gasteiger partial charge in [-0.2, -0.15) is 0 Å². The number of rotatable bonds is 3. The van der Waals surface area contributed by atoms with Gasteiger partial charge in [-0.25, -0.2) is 4.98 Å². The third-order valence-corrected chi connectivity index (χ3v) is 2.92. The molecule has 0 fully saturated rings.